The van der Waals surface area contributed by atoms with Crippen LogP contribution in [-0.4, -0.2) is 33.8 Å². The minimum Gasteiger partial charge on any atom is -0.449 e. The minimum atomic E-state index is -1.13. The molecule has 0 aliphatic rings. The van der Waals surface area contributed by atoms with Crippen LogP contribution in [0.4, 0.5) is 4.79 Å². The quantitative estimate of drug-likeness (QED) is 0.628. The molecule has 0 spiro atoms. The molecule has 0 saturated carbocycles. The van der Waals surface area contributed by atoms with Crippen LogP contribution < -0.4 is 10.6 Å². The van der Waals surface area contributed by atoms with Gasteiger partial charge in [-0.05, 0) is 42.8 Å². The topological polar surface area (TPSA) is 102 Å². The highest BCUT2D eigenvalue weighted by atomic mass is 16.5. The Morgan fingerprint density at radius 1 is 1.03 bits per heavy atom. The fraction of sp³-hybridized carbons (Fsp3) is 0.143. The van der Waals surface area contributed by atoms with Crippen molar-refractivity contribution in [1.82, 2.24) is 20.4 Å². The molecule has 148 valence electrons. The summed E-state index contributed by atoms with van der Waals surface area (Å²) in [5.41, 5.74) is 1.97. The largest absolute Gasteiger partial charge is 0.449 e. The van der Waals surface area contributed by atoms with E-state index in [1.54, 1.807) is 47.4 Å². The van der Waals surface area contributed by atoms with Gasteiger partial charge >= 0.3 is 12.0 Å². The molecule has 0 bridgehead atoms. The number of imide groups is 1. The monoisotopic (exact) mass is 392 g/mol. The Bertz CT molecular complexity index is 970. The van der Waals surface area contributed by atoms with E-state index in [0.717, 1.165) is 11.3 Å². The lowest BCUT2D eigenvalue weighted by Gasteiger charge is -2.13. The lowest BCUT2D eigenvalue weighted by molar-refractivity contribution is -0.127. The first-order valence-corrected chi connectivity index (χ1v) is 8.96. The highest BCUT2D eigenvalue weighted by Gasteiger charge is 2.20. The third-order valence-corrected chi connectivity index (χ3v) is 4.06. The van der Waals surface area contributed by atoms with Crippen molar-refractivity contribution < 1.29 is 19.1 Å². The van der Waals surface area contributed by atoms with E-state index >= 15 is 0 Å². The van der Waals surface area contributed by atoms with Crippen LogP contribution >= 0.6 is 0 Å². The average Bonchev–Trinajstić information content (AvgIpc) is 3.28. The van der Waals surface area contributed by atoms with Crippen LogP contribution in [0.25, 0.3) is 5.69 Å². The van der Waals surface area contributed by atoms with Gasteiger partial charge in [-0.25, -0.2) is 14.3 Å². The summed E-state index contributed by atoms with van der Waals surface area (Å²) in [6.07, 6.45) is 2.30. The molecule has 1 heterocycles. The maximum Gasteiger partial charge on any atom is 0.338 e. The molecule has 3 aromatic rings. The molecule has 0 unspecified atom stereocenters. The molecule has 1 atom stereocenters. The second-order valence-corrected chi connectivity index (χ2v) is 6.20. The van der Waals surface area contributed by atoms with Crippen molar-refractivity contribution >= 4 is 17.9 Å². The number of hydrogen-bond donors (Lipinski definition) is 2. The first kappa shape index (κ1) is 19.8. The molecule has 0 fully saturated rings. The highest BCUT2D eigenvalue weighted by Crippen LogP contribution is 2.10. The lowest BCUT2D eigenvalue weighted by Crippen LogP contribution is -2.44. The van der Waals surface area contributed by atoms with Crippen molar-refractivity contribution in [1.29, 1.82) is 0 Å². The molecular weight excluding hydrogens is 372 g/mol. The predicted molar refractivity (Wildman–Crippen MR) is 105 cm³/mol. The van der Waals surface area contributed by atoms with E-state index in [1.165, 1.54) is 6.92 Å². The van der Waals surface area contributed by atoms with Crippen molar-refractivity contribution in [3.63, 3.8) is 0 Å². The second-order valence-electron chi connectivity index (χ2n) is 6.20. The zero-order valence-corrected chi connectivity index (χ0v) is 15.7. The van der Waals surface area contributed by atoms with Gasteiger partial charge in [0.15, 0.2) is 6.10 Å². The number of nitrogens with one attached hydrogen (secondary N) is 2. The predicted octanol–water partition coefficient (Wildman–Crippen LogP) is 2.44. The van der Waals surface area contributed by atoms with Gasteiger partial charge in [0, 0.05) is 18.9 Å². The summed E-state index contributed by atoms with van der Waals surface area (Å²) in [6, 6.07) is 17.0. The number of hydrogen-bond acceptors (Lipinski definition) is 5. The van der Waals surface area contributed by atoms with Crippen molar-refractivity contribution in [3.8, 4) is 5.69 Å². The van der Waals surface area contributed by atoms with Gasteiger partial charge < -0.3 is 10.1 Å². The zero-order valence-electron chi connectivity index (χ0n) is 15.7. The number of urea groups is 1. The van der Waals surface area contributed by atoms with Crippen molar-refractivity contribution in [2.24, 2.45) is 0 Å². The van der Waals surface area contributed by atoms with E-state index in [2.05, 4.69) is 15.7 Å². The first-order chi connectivity index (χ1) is 14.0. The molecule has 0 aliphatic heterocycles. The molecule has 3 rings (SSSR count). The van der Waals surface area contributed by atoms with Crippen molar-refractivity contribution in [2.45, 2.75) is 19.6 Å². The third kappa shape index (κ3) is 5.52. The van der Waals surface area contributed by atoms with Crippen LogP contribution in [0.3, 0.4) is 0 Å². The van der Waals surface area contributed by atoms with Crippen molar-refractivity contribution in [2.75, 3.05) is 0 Å². The first-order valence-electron chi connectivity index (χ1n) is 8.96. The number of aromatic nitrogens is 2. The Morgan fingerprint density at radius 3 is 2.41 bits per heavy atom. The van der Waals surface area contributed by atoms with E-state index in [1.807, 2.05) is 30.3 Å². The summed E-state index contributed by atoms with van der Waals surface area (Å²) in [6.45, 7) is 1.67. The molecule has 2 aromatic carbocycles. The van der Waals surface area contributed by atoms with E-state index in [9.17, 15) is 14.4 Å². The van der Waals surface area contributed by atoms with Crippen LogP contribution in [-0.2, 0) is 16.1 Å². The fourth-order valence-corrected chi connectivity index (χ4v) is 2.49. The van der Waals surface area contributed by atoms with E-state index in [0.29, 0.717) is 0 Å². The van der Waals surface area contributed by atoms with Crippen LogP contribution in [0.2, 0.25) is 0 Å². The third-order valence-electron chi connectivity index (χ3n) is 4.06. The molecule has 3 amide bonds. The number of ether oxygens (including phenoxy) is 1. The molecule has 2 N–H and O–H groups in total. The van der Waals surface area contributed by atoms with Gasteiger partial charge in [-0.2, -0.15) is 5.10 Å². The maximum absolute atomic E-state index is 12.2. The SMILES string of the molecule is C[C@H](OC(=O)c1ccc(-n2cccn2)cc1)C(=O)NC(=O)NCc1ccccc1. The summed E-state index contributed by atoms with van der Waals surface area (Å²) in [5.74, 6) is -1.37. The van der Waals surface area contributed by atoms with Crippen LogP contribution in [0, 0.1) is 0 Å². The van der Waals surface area contributed by atoms with Crippen LogP contribution in [0.1, 0.15) is 22.8 Å². The van der Waals surface area contributed by atoms with Gasteiger partial charge in [0.05, 0.1) is 11.3 Å². The van der Waals surface area contributed by atoms with E-state index in [-0.39, 0.29) is 12.1 Å². The van der Waals surface area contributed by atoms with Crippen molar-refractivity contribution in [3.05, 3.63) is 84.2 Å². The van der Waals surface area contributed by atoms with Gasteiger partial charge in [-0.15, -0.1) is 0 Å². The number of benzene rings is 2. The summed E-state index contributed by atoms with van der Waals surface area (Å²) in [5, 5.41) is 8.83. The van der Waals surface area contributed by atoms with Crippen LogP contribution in [0.15, 0.2) is 73.1 Å². The molecule has 0 aliphatic carbocycles. The Hall–Kier alpha value is -3.94. The molecule has 0 saturated heterocycles. The lowest BCUT2D eigenvalue weighted by atomic mass is 10.2. The van der Waals surface area contributed by atoms with Gasteiger partial charge in [0.2, 0.25) is 0 Å². The molecule has 1 aromatic heterocycles. The standard InChI is InChI=1S/C21H20N4O4/c1-15(19(26)24-21(28)22-14-16-6-3-2-4-7-16)29-20(27)17-8-10-18(11-9-17)25-13-5-12-23-25/h2-13,15H,14H2,1H3,(H2,22,24,26,28)/t15-/m0/s1. The van der Waals surface area contributed by atoms with Gasteiger partial charge in [0.25, 0.3) is 5.91 Å². The summed E-state index contributed by atoms with van der Waals surface area (Å²) < 4.78 is 6.79. The highest BCUT2D eigenvalue weighted by molar-refractivity contribution is 5.98. The molecule has 0 radical (unpaired) electrons. The normalized spacial score (nSPS) is 11.3. The number of amides is 3. The Labute approximate surface area is 167 Å². The van der Waals surface area contributed by atoms with E-state index in [4.69, 9.17) is 4.74 Å². The van der Waals surface area contributed by atoms with Gasteiger partial charge in [-0.3, -0.25) is 10.1 Å². The molecular formula is C21H20N4O4. The Balaban J connectivity index is 1.48. The molecule has 8 heteroatoms. The second kappa shape index (κ2) is 9.32. The fourth-order valence-electron chi connectivity index (χ4n) is 2.49. The number of nitrogens with zero attached hydrogens (tertiary/aromatic N) is 2. The molecule has 8 nitrogen and oxygen atoms in total. The summed E-state index contributed by atoms with van der Waals surface area (Å²) >= 11 is 0. The Morgan fingerprint density at radius 2 is 1.76 bits per heavy atom. The average molecular weight is 392 g/mol. The summed E-state index contributed by atoms with van der Waals surface area (Å²) in [4.78, 5) is 36.2. The number of rotatable bonds is 6. The number of carbonyl (C=O) groups is 3. The smallest absolute Gasteiger partial charge is 0.338 e. The molecule has 29 heavy (non-hydrogen) atoms. The van der Waals surface area contributed by atoms with Gasteiger partial charge in [-0.1, -0.05) is 30.3 Å². The minimum absolute atomic E-state index is 0.275. The number of esters is 1. The van der Waals surface area contributed by atoms with Crippen LogP contribution in [0.5, 0.6) is 0 Å². The van der Waals surface area contributed by atoms with E-state index < -0.39 is 24.0 Å². The summed E-state index contributed by atoms with van der Waals surface area (Å²) in [7, 11) is 0. The zero-order chi connectivity index (χ0) is 20.6. The van der Waals surface area contributed by atoms with Gasteiger partial charge in [0.1, 0.15) is 0 Å². The maximum atomic E-state index is 12.2. The number of carbonyl (C=O) groups excluding carboxylic acids is 3. The Kier molecular flexibility index (Phi) is 6.36.